The lowest BCUT2D eigenvalue weighted by Crippen LogP contribution is -2.15. The van der Waals surface area contributed by atoms with Gasteiger partial charge >= 0.3 is 5.97 Å². The molecule has 1 unspecified atom stereocenters. The van der Waals surface area contributed by atoms with Crippen LogP contribution in [0.2, 0.25) is 0 Å². The molecule has 0 rings (SSSR count). The van der Waals surface area contributed by atoms with E-state index in [9.17, 15) is 4.79 Å². The van der Waals surface area contributed by atoms with Crippen molar-refractivity contribution in [1.29, 1.82) is 0 Å². The van der Waals surface area contributed by atoms with E-state index in [1.54, 1.807) is 13.0 Å². The summed E-state index contributed by atoms with van der Waals surface area (Å²) < 4.78 is 5.28. The van der Waals surface area contributed by atoms with Gasteiger partial charge in [0.2, 0.25) is 0 Å². The number of allylic oxidation sites excluding steroid dienone is 1. The van der Waals surface area contributed by atoms with Crippen LogP contribution in [0.25, 0.3) is 0 Å². The number of ether oxygens (including phenoxy) is 1. The average Bonchev–Trinajstić information content (AvgIpc) is 2.23. The highest BCUT2D eigenvalue weighted by Crippen LogP contribution is 2.09. The molecule has 2 nitrogen and oxygen atoms in total. The first-order valence-electron chi connectivity index (χ1n) is 5.95. The van der Waals surface area contributed by atoms with Gasteiger partial charge in [0.05, 0.1) is 6.10 Å². The molecule has 0 aliphatic heterocycles. The van der Waals surface area contributed by atoms with Gasteiger partial charge in [-0.2, -0.15) is 0 Å². The Labute approximate surface area is 93.7 Å². The van der Waals surface area contributed by atoms with E-state index >= 15 is 0 Å². The van der Waals surface area contributed by atoms with Gasteiger partial charge in [-0.25, -0.2) is 4.79 Å². The minimum absolute atomic E-state index is 0.0456. The Morgan fingerprint density at radius 2 is 2.00 bits per heavy atom. The molecule has 0 heterocycles. The molecule has 0 amide bonds. The zero-order valence-corrected chi connectivity index (χ0v) is 10.5. The second-order valence-corrected chi connectivity index (χ2v) is 4.04. The number of esters is 1. The predicted octanol–water partition coefficient (Wildman–Crippen LogP) is 3.85. The lowest BCUT2D eigenvalue weighted by Gasteiger charge is -2.13. The molecule has 2 heteroatoms. The lowest BCUT2D eigenvalue weighted by molar-refractivity contribution is -0.143. The summed E-state index contributed by atoms with van der Waals surface area (Å²) in [7, 11) is 0. The van der Waals surface area contributed by atoms with E-state index in [0.717, 1.165) is 12.8 Å². The number of hydrogen-bond donors (Lipinski definition) is 0. The van der Waals surface area contributed by atoms with E-state index < -0.39 is 0 Å². The van der Waals surface area contributed by atoms with E-state index in [4.69, 9.17) is 4.74 Å². The lowest BCUT2D eigenvalue weighted by atomic mass is 10.1. The van der Waals surface area contributed by atoms with E-state index in [1.165, 1.54) is 19.3 Å². The molecule has 88 valence electrons. The monoisotopic (exact) mass is 212 g/mol. The van der Waals surface area contributed by atoms with Crippen LogP contribution in [0, 0.1) is 0 Å². The van der Waals surface area contributed by atoms with E-state index in [1.807, 2.05) is 13.8 Å². The van der Waals surface area contributed by atoms with Crippen LogP contribution in [0.3, 0.4) is 0 Å². The quantitative estimate of drug-likeness (QED) is 0.364. The third-order valence-electron chi connectivity index (χ3n) is 2.53. The fourth-order valence-electron chi connectivity index (χ4n) is 1.31. The highest BCUT2D eigenvalue weighted by atomic mass is 16.5. The highest BCUT2D eigenvalue weighted by Gasteiger charge is 2.09. The van der Waals surface area contributed by atoms with Gasteiger partial charge in [0.15, 0.2) is 0 Å². The van der Waals surface area contributed by atoms with Crippen LogP contribution in [0.1, 0.15) is 59.8 Å². The summed E-state index contributed by atoms with van der Waals surface area (Å²) in [5.41, 5.74) is 0.690. The third kappa shape index (κ3) is 7.18. The first-order valence-corrected chi connectivity index (χ1v) is 5.95. The van der Waals surface area contributed by atoms with Crippen molar-refractivity contribution in [3.05, 3.63) is 11.6 Å². The van der Waals surface area contributed by atoms with Crippen LogP contribution in [0.4, 0.5) is 0 Å². The molecule has 0 N–H and O–H groups in total. The Morgan fingerprint density at radius 3 is 2.53 bits per heavy atom. The van der Waals surface area contributed by atoms with Gasteiger partial charge in [-0.3, -0.25) is 0 Å². The molecule has 0 aliphatic carbocycles. The second kappa shape index (κ2) is 8.51. The summed E-state index contributed by atoms with van der Waals surface area (Å²) >= 11 is 0. The summed E-state index contributed by atoms with van der Waals surface area (Å²) in [6.45, 7) is 7.79. The molecule has 0 saturated carbocycles. The zero-order valence-electron chi connectivity index (χ0n) is 10.5. The molecule has 0 fully saturated rings. The number of hydrogen-bond acceptors (Lipinski definition) is 2. The van der Waals surface area contributed by atoms with Crippen molar-refractivity contribution >= 4 is 5.97 Å². The Balaban J connectivity index is 3.65. The van der Waals surface area contributed by atoms with E-state index in [-0.39, 0.29) is 12.1 Å². The number of unbranched alkanes of at least 4 members (excludes halogenated alkanes) is 3. The minimum Gasteiger partial charge on any atom is -0.459 e. The smallest absolute Gasteiger partial charge is 0.333 e. The summed E-state index contributed by atoms with van der Waals surface area (Å²) in [4.78, 5) is 11.4. The first kappa shape index (κ1) is 14.2. The molecular formula is C13H24O2. The number of carbonyl (C=O) groups excluding carboxylic acids is 1. The Morgan fingerprint density at radius 1 is 1.33 bits per heavy atom. The van der Waals surface area contributed by atoms with Crippen molar-refractivity contribution in [2.24, 2.45) is 0 Å². The topological polar surface area (TPSA) is 26.3 Å². The molecule has 0 bridgehead atoms. The highest BCUT2D eigenvalue weighted by molar-refractivity contribution is 5.87. The van der Waals surface area contributed by atoms with Crippen LogP contribution in [-0.2, 0) is 9.53 Å². The number of carbonyl (C=O) groups is 1. The average molecular weight is 212 g/mol. The van der Waals surface area contributed by atoms with Gasteiger partial charge in [0, 0.05) is 5.57 Å². The molecule has 0 aromatic rings. The summed E-state index contributed by atoms with van der Waals surface area (Å²) in [5, 5.41) is 0. The van der Waals surface area contributed by atoms with Crippen LogP contribution in [0.5, 0.6) is 0 Å². The van der Waals surface area contributed by atoms with Gasteiger partial charge in [-0.05, 0) is 33.6 Å². The molecule has 0 radical (unpaired) electrons. The molecule has 0 saturated heterocycles. The molecule has 0 aromatic carbocycles. The van der Waals surface area contributed by atoms with Crippen molar-refractivity contribution in [2.45, 2.75) is 65.9 Å². The maximum atomic E-state index is 11.4. The Bertz CT molecular complexity index is 207. The normalized spacial score (nSPS) is 13.7. The van der Waals surface area contributed by atoms with Gasteiger partial charge in [0.25, 0.3) is 0 Å². The van der Waals surface area contributed by atoms with Gasteiger partial charge < -0.3 is 4.74 Å². The van der Waals surface area contributed by atoms with Crippen LogP contribution >= 0.6 is 0 Å². The van der Waals surface area contributed by atoms with Crippen molar-refractivity contribution in [1.82, 2.24) is 0 Å². The second-order valence-electron chi connectivity index (χ2n) is 4.04. The molecule has 0 aliphatic rings. The Hall–Kier alpha value is -0.790. The van der Waals surface area contributed by atoms with Gasteiger partial charge in [0.1, 0.15) is 0 Å². The van der Waals surface area contributed by atoms with Gasteiger partial charge in [-0.15, -0.1) is 0 Å². The van der Waals surface area contributed by atoms with Crippen LogP contribution < -0.4 is 0 Å². The standard InChI is InChI=1S/C13H24O2/c1-5-7-8-9-10-12(4)15-13(14)11(3)6-2/h6,12H,5,7-10H2,1-4H3/b11-6+. The molecule has 1 atom stereocenters. The maximum Gasteiger partial charge on any atom is 0.333 e. The summed E-state index contributed by atoms with van der Waals surface area (Å²) in [5.74, 6) is -0.180. The predicted molar refractivity (Wildman–Crippen MR) is 63.7 cm³/mol. The van der Waals surface area contributed by atoms with Crippen molar-refractivity contribution in [3.8, 4) is 0 Å². The molecule has 0 aromatic heterocycles. The van der Waals surface area contributed by atoms with Gasteiger partial charge in [-0.1, -0.05) is 32.3 Å². The largest absolute Gasteiger partial charge is 0.459 e. The van der Waals surface area contributed by atoms with E-state index in [2.05, 4.69) is 6.92 Å². The van der Waals surface area contributed by atoms with Crippen LogP contribution in [-0.4, -0.2) is 12.1 Å². The summed E-state index contributed by atoms with van der Waals surface area (Å²) in [6.07, 6.45) is 7.71. The maximum absolute atomic E-state index is 11.4. The molecule has 0 spiro atoms. The SMILES string of the molecule is C/C=C(\C)C(=O)OC(C)CCCCCC. The Kier molecular flexibility index (Phi) is 8.06. The van der Waals surface area contributed by atoms with E-state index in [0.29, 0.717) is 5.57 Å². The van der Waals surface area contributed by atoms with Crippen molar-refractivity contribution < 1.29 is 9.53 Å². The van der Waals surface area contributed by atoms with Crippen LogP contribution in [0.15, 0.2) is 11.6 Å². The molecule has 15 heavy (non-hydrogen) atoms. The number of rotatable bonds is 7. The third-order valence-corrected chi connectivity index (χ3v) is 2.53. The first-order chi connectivity index (χ1) is 7.11. The minimum atomic E-state index is -0.180. The molecular weight excluding hydrogens is 188 g/mol. The van der Waals surface area contributed by atoms with Crippen molar-refractivity contribution in [3.63, 3.8) is 0 Å². The van der Waals surface area contributed by atoms with Crippen molar-refractivity contribution in [2.75, 3.05) is 0 Å². The zero-order chi connectivity index (χ0) is 11.7. The summed E-state index contributed by atoms with van der Waals surface area (Å²) in [6, 6.07) is 0. The fourth-order valence-corrected chi connectivity index (χ4v) is 1.31. The fraction of sp³-hybridized carbons (Fsp3) is 0.769.